The van der Waals surface area contributed by atoms with Gasteiger partial charge in [-0.3, -0.25) is 39.6 Å². The number of ether oxygens (including phenoxy) is 2. The number of nitrogens with zero attached hydrogens (tertiary/aromatic N) is 3. The fourth-order valence-corrected chi connectivity index (χ4v) is 7.22. The molecule has 0 saturated carbocycles. The van der Waals surface area contributed by atoms with Crippen molar-refractivity contribution in [3.63, 3.8) is 0 Å². The van der Waals surface area contributed by atoms with E-state index in [0.717, 1.165) is 14.7 Å². The maximum absolute atomic E-state index is 13.0. The second-order valence-corrected chi connectivity index (χ2v) is 14.7. The number of pyridine rings is 2. The van der Waals surface area contributed by atoms with Crippen LogP contribution in [0.5, 0.6) is 11.5 Å². The van der Waals surface area contributed by atoms with Crippen LogP contribution >= 0.6 is 22.6 Å². The lowest BCUT2D eigenvalue weighted by atomic mass is 9.95. The number of H-pyrrole nitrogens is 1. The lowest BCUT2D eigenvalue weighted by Crippen LogP contribution is -2.54. The van der Waals surface area contributed by atoms with Crippen LogP contribution in [0.1, 0.15) is 37.6 Å². The Balaban J connectivity index is 0.000000155. The van der Waals surface area contributed by atoms with Crippen molar-refractivity contribution in [2.24, 2.45) is 0 Å². The van der Waals surface area contributed by atoms with Gasteiger partial charge in [0.1, 0.15) is 22.8 Å². The maximum Gasteiger partial charge on any atom is 0.323 e. The molecule has 2 saturated heterocycles. The number of hydrogen-bond donors (Lipinski definition) is 5. The van der Waals surface area contributed by atoms with Gasteiger partial charge in [-0.25, -0.2) is 9.59 Å². The van der Waals surface area contributed by atoms with Crippen LogP contribution in [0.25, 0.3) is 11.0 Å². The summed E-state index contributed by atoms with van der Waals surface area (Å²) in [5.41, 5.74) is 0.214. The Bertz CT molecular complexity index is 2640. The number of fused-ring (bicyclic) bond motifs is 3. The normalized spacial score (nSPS) is 20.0. The van der Waals surface area contributed by atoms with Gasteiger partial charge in [0.2, 0.25) is 0 Å². The average molecular weight is 913 g/mol. The first kappa shape index (κ1) is 40.0. The van der Waals surface area contributed by atoms with Crippen LogP contribution in [-0.2, 0) is 28.2 Å². The third-order valence-corrected chi connectivity index (χ3v) is 10.7. The Morgan fingerprint density at radius 2 is 1.42 bits per heavy atom. The van der Waals surface area contributed by atoms with Crippen molar-refractivity contribution in [3.8, 4) is 23.8 Å². The summed E-state index contributed by atoms with van der Waals surface area (Å²) in [4.78, 5) is 93.9. The van der Waals surface area contributed by atoms with E-state index < -0.39 is 35.0 Å². The molecule has 0 radical (unpaired) electrons. The minimum absolute atomic E-state index is 0.0735. The number of terminal acetylenes is 1. The molecule has 2 atom stereocenters. The van der Waals surface area contributed by atoms with E-state index >= 15 is 0 Å². The van der Waals surface area contributed by atoms with Gasteiger partial charge in [-0.15, -0.1) is 6.42 Å². The number of aromatic amines is 1. The van der Waals surface area contributed by atoms with Crippen molar-refractivity contribution in [2.75, 3.05) is 27.3 Å². The van der Waals surface area contributed by atoms with Gasteiger partial charge in [0, 0.05) is 60.5 Å². The van der Waals surface area contributed by atoms with E-state index in [1.807, 2.05) is 28.7 Å². The van der Waals surface area contributed by atoms with E-state index in [1.165, 1.54) is 30.1 Å². The molecule has 3 aromatic heterocycles. The molecule has 18 nitrogen and oxygen atoms in total. The molecule has 5 aromatic rings. The molecule has 0 bridgehead atoms. The molecule has 9 rings (SSSR count). The maximum atomic E-state index is 13.0. The zero-order chi connectivity index (χ0) is 42.1. The lowest BCUT2D eigenvalue weighted by molar-refractivity contribution is -0.125. The second-order valence-electron chi connectivity index (χ2n) is 13.5. The number of urea groups is 2. The van der Waals surface area contributed by atoms with Gasteiger partial charge >= 0.3 is 12.1 Å². The third kappa shape index (κ3) is 7.64. The number of halogens is 1. The summed E-state index contributed by atoms with van der Waals surface area (Å²) in [6, 6.07) is 14.0. The van der Waals surface area contributed by atoms with E-state index in [9.17, 15) is 33.6 Å². The second kappa shape index (κ2) is 16.0. The van der Waals surface area contributed by atoms with Crippen molar-refractivity contribution in [1.82, 2.24) is 41.0 Å². The van der Waals surface area contributed by atoms with Crippen molar-refractivity contribution < 1.29 is 42.7 Å². The van der Waals surface area contributed by atoms with Crippen molar-refractivity contribution >= 4 is 69.3 Å². The number of aromatic nitrogens is 2. The van der Waals surface area contributed by atoms with Crippen LogP contribution in [0.2, 0.25) is 0 Å². The fourth-order valence-electron chi connectivity index (χ4n) is 6.86. The van der Waals surface area contributed by atoms with Crippen molar-refractivity contribution in [3.05, 3.63) is 121 Å². The molecule has 5 N–H and O–H groups in total. The summed E-state index contributed by atoms with van der Waals surface area (Å²) in [6.07, 6.45) is 11.9. The van der Waals surface area contributed by atoms with Gasteiger partial charge in [0.05, 0.1) is 30.9 Å². The SMILES string of the molecule is C#C[C@]1(CN2Cc3ccc(OC)cc3C2=O)NC(=O)NC1=O.COc1ccc2c(c1)C(=O)N(C[C@@]1(c3cc4cnccc4o3)NC(=O)NC1=O)C2.O=c1cc[nH]cc1I. The number of carbonyl (C=O) groups is 6. The zero-order valence-corrected chi connectivity index (χ0v) is 33.4. The molecule has 0 spiro atoms. The van der Waals surface area contributed by atoms with Crippen molar-refractivity contribution in [2.45, 2.75) is 24.2 Å². The predicted molar refractivity (Wildman–Crippen MR) is 216 cm³/mol. The highest BCUT2D eigenvalue weighted by molar-refractivity contribution is 14.1. The van der Waals surface area contributed by atoms with Gasteiger partial charge in [-0.05, 0) is 70.1 Å². The molecule has 19 heteroatoms. The Labute approximate surface area is 348 Å². The summed E-state index contributed by atoms with van der Waals surface area (Å²) >= 11 is 1.98. The van der Waals surface area contributed by atoms with Crippen LogP contribution in [0.15, 0.2) is 88.6 Å². The summed E-state index contributed by atoms with van der Waals surface area (Å²) < 4.78 is 16.9. The Hall–Kier alpha value is -7.21. The molecule has 4 aliphatic rings. The number of furan rings is 1. The molecule has 2 fully saturated rings. The quantitative estimate of drug-likeness (QED) is 0.0904. The van der Waals surface area contributed by atoms with Gasteiger partial charge in [-0.1, -0.05) is 18.1 Å². The number of rotatable bonds is 7. The van der Waals surface area contributed by atoms with E-state index in [-0.39, 0.29) is 36.1 Å². The van der Waals surface area contributed by atoms with Crippen molar-refractivity contribution in [1.29, 1.82) is 0 Å². The number of benzene rings is 2. The number of hydrogen-bond acceptors (Lipinski definition) is 11. The molecule has 2 aromatic carbocycles. The van der Waals surface area contributed by atoms with Crippen LogP contribution in [-0.4, -0.2) is 88.3 Å². The Kier molecular flexibility index (Phi) is 10.8. The molecule has 59 heavy (non-hydrogen) atoms. The number of amides is 8. The molecular formula is C40H33IN8O10. The first-order chi connectivity index (χ1) is 28.3. The smallest absolute Gasteiger partial charge is 0.323 e. The highest BCUT2D eigenvalue weighted by Gasteiger charge is 2.53. The third-order valence-electron chi connectivity index (χ3n) is 9.89. The zero-order valence-electron chi connectivity index (χ0n) is 31.2. The summed E-state index contributed by atoms with van der Waals surface area (Å²) in [5.74, 6) is 1.99. The number of nitrogens with one attached hydrogen (secondary N) is 5. The van der Waals surface area contributed by atoms with E-state index in [2.05, 4.69) is 37.2 Å². The average Bonchev–Trinajstić information content (AvgIpc) is 4.02. The Morgan fingerprint density at radius 1 is 0.814 bits per heavy atom. The topological polar surface area (TPSA) is 234 Å². The van der Waals surface area contributed by atoms with Gasteiger partial charge < -0.3 is 39.3 Å². The summed E-state index contributed by atoms with van der Waals surface area (Å²) in [5, 5.41) is 10.1. The van der Waals surface area contributed by atoms with E-state index in [1.54, 1.807) is 67.3 Å². The molecule has 8 amide bonds. The Morgan fingerprint density at radius 3 is 1.92 bits per heavy atom. The minimum Gasteiger partial charge on any atom is -0.497 e. The summed E-state index contributed by atoms with van der Waals surface area (Å²) in [6.45, 7) is 0.472. The van der Waals surface area contributed by atoms with Crippen LogP contribution in [0, 0.1) is 15.9 Å². The largest absolute Gasteiger partial charge is 0.497 e. The monoisotopic (exact) mass is 912 g/mol. The molecule has 300 valence electrons. The standard InChI is InChI=1S/C20H16N4O5.C15H13N3O4.C5H4INO/c1-28-13-3-2-11-9-24(17(25)14(11)7-13)10-20(18(26)22-19(27)23-20)16-6-12-8-21-5-4-15(12)29-16;1-3-15(13(20)16-14(21)17-15)8-18-7-9-4-5-10(22-2)6-11(9)12(18)19;6-4-3-7-2-1-5(4)8/h2-8H,9-10H2,1H3,(H2,22,23,26,27);1,4-6H,7-8H2,2H3,(H2,16,17,20,21);1-3H,(H,7,8)/t20-;15-;/m01./s1. The predicted octanol–water partition coefficient (Wildman–Crippen LogP) is 2.37. The van der Waals surface area contributed by atoms with Gasteiger partial charge in [0.15, 0.2) is 16.5 Å². The number of carbonyl (C=O) groups excluding carboxylic acids is 6. The van der Waals surface area contributed by atoms with Crippen LogP contribution in [0.3, 0.4) is 0 Å². The molecule has 0 unspecified atom stereocenters. The van der Waals surface area contributed by atoms with E-state index in [4.69, 9.17) is 20.3 Å². The van der Waals surface area contributed by atoms with Gasteiger partial charge in [0.25, 0.3) is 23.6 Å². The minimum atomic E-state index is -1.53. The lowest BCUT2D eigenvalue weighted by Gasteiger charge is -2.29. The molecule has 7 heterocycles. The molecule has 4 aliphatic heterocycles. The van der Waals surface area contributed by atoms with Crippen LogP contribution in [0.4, 0.5) is 9.59 Å². The molecule has 0 aliphatic carbocycles. The highest BCUT2D eigenvalue weighted by Crippen LogP contribution is 2.35. The van der Waals surface area contributed by atoms with Crippen LogP contribution < -0.4 is 36.2 Å². The molecular weight excluding hydrogens is 879 g/mol. The fraction of sp³-hybridized carbons (Fsp3) is 0.200. The highest BCUT2D eigenvalue weighted by atomic mass is 127. The van der Waals surface area contributed by atoms with Gasteiger partial charge in [-0.2, -0.15) is 0 Å². The summed E-state index contributed by atoms with van der Waals surface area (Å²) in [7, 11) is 3.05. The first-order valence-corrected chi connectivity index (χ1v) is 18.7. The first-order valence-electron chi connectivity index (χ1n) is 17.6. The van der Waals surface area contributed by atoms with E-state index in [0.29, 0.717) is 46.7 Å². The number of imide groups is 2. The number of methoxy groups -OCH3 is 2.